The Balaban J connectivity index is 1.42. The summed E-state index contributed by atoms with van der Waals surface area (Å²) >= 11 is 1.42. The normalized spacial score (nSPS) is 33.6. The highest BCUT2D eigenvalue weighted by molar-refractivity contribution is 7.15. The first-order valence-electron chi connectivity index (χ1n) is 13.6. The van der Waals surface area contributed by atoms with Crippen LogP contribution in [0.5, 0.6) is 0 Å². The highest BCUT2D eigenvalue weighted by Gasteiger charge is 2.45. The number of benzene rings is 2. The summed E-state index contributed by atoms with van der Waals surface area (Å²) in [5.41, 5.74) is 3.27. The molecule has 10 atom stereocenters. The average Bonchev–Trinajstić information content (AvgIpc) is 3.44. The zero-order chi connectivity index (χ0) is 30.3. The number of ether oxygens (including phenoxy) is 2. The van der Waals surface area contributed by atoms with Crippen LogP contribution in [-0.2, 0) is 15.9 Å². The molecular weight excluding hydrogens is 571 g/mol. The number of aryl methyl sites for hydroxylation is 1. The van der Waals surface area contributed by atoms with E-state index in [-0.39, 0.29) is 5.56 Å². The lowest BCUT2D eigenvalue weighted by Gasteiger charge is -2.40. The molecule has 0 amide bonds. The molecule has 8 N–H and O–H groups in total. The fourth-order valence-corrected chi connectivity index (χ4v) is 6.67. The van der Waals surface area contributed by atoms with Crippen molar-refractivity contribution in [1.82, 2.24) is 0 Å². The molecule has 0 saturated carbocycles. The third kappa shape index (κ3) is 5.90. The van der Waals surface area contributed by atoms with E-state index < -0.39 is 80.1 Å². The summed E-state index contributed by atoms with van der Waals surface area (Å²) in [5.74, 6) is -0.580. The molecule has 3 aromatic rings. The van der Waals surface area contributed by atoms with Crippen molar-refractivity contribution >= 4 is 11.3 Å². The van der Waals surface area contributed by atoms with Crippen LogP contribution < -0.4 is 0 Å². The Bertz CT molecular complexity index is 1380. The molecule has 2 fully saturated rings. The van der Waals surface area contributed by atoms with E-state index in [4.69, 9.17) is 9.47 Å². The summed E-state index contributed by atoms with van der Waals surface area (Å²) in [7, 11) is 0. The summed E-state index contributed by atoms with van der Waals surface area (Å²) in [6.45, 7) is 0.807. The fourth-order valence-electron chi connectivity index (χ4n) is 5.59. The Kier molecular flexibility index (Phi) is 9.42. The molecule has 42 heavy (non-hydrogen) atoms. The van der Waals surface area contributed by atoms with Crippen LogP contribution in [0.25, 0.3) is 10.4 Å². The minimum absolute atomic E-state index is 0.265. The number of thiophene rings is 1. The number of aliphatic hydroxyl groups excluding tert-OH is 8. The van der Waals surface area contributed by atoms with Crippen molar-refractivity contribution in [3.05, 3.63) is 81.5 Å². The largest absolute Gasteiger partial charge is 0.394 e. The molecule has 3 heterocycles. The number of rotatable bonds is 7. The van der Waals surface area contributed by atoms with Crippen LogP contribution in [0.15, 0.2) is 48.5 Å². The maximum Gasteiger partial charge on any atom is 0.123 e. The minimum Gasteiger partial charge on any atom is -0.394 e. The molecule has 0 unspecified atom stereocenters. The molecule has 0 aliphatic carbocycles. The molecule has 5 rings (SSSR count). The Hall–Kier alpha value is -2.33. The first-order chi connectivity index (χ1) is 20.0. The smallest absolute Gasteiger partial charge is 0.123 e. The van der Waals surface area contributed by atoms with Crippen LogP contribution in [0.3, 0.4) is 0 Å². The highest BCUT2D eigenvalue weighted by Crippen LogP contribution is 2.41. The van der Waals surface area contributed by atoms with Gasteiger partial charge in [0.05, 0.1) is 13.2 Å². The fraction of sp³-hybridized carbons (Fsp3) is 0.467. The van der Waals surface area contributed by atoms with Crippen LogP contribution in [0.4, 0.5) is 4.39 Å². The number of aliphatic hydroxyl groups is 8. The first kappa shape index (κ1) is 31.1. The van der Waals surface area contributed by atoms with Gasteiger partial charge in [0.15, 0.2) is 0 Å². The van der Waals surface area contributed by atoms with Gasteiger partial charge in [0.25, 0.3) is 0 Å². The Labute approximate surface area is 245 Å². The maximum absolute atomic E-state index is 14.4. The second kappa shape index (κ2) is 12.7. The third-order valence-corrected chi connectivity index (χ3v) is 9.22. The average molecular weight is 607 g/mol. The molecule has 2 aliphatic rings. The second-order valence-electron chi connectivity index (χ2n) is 10.9. The van der Waals surface area contributed by atoms with Gasteiger partial charge in [-0.3, -0.25) is 0 Å². The van der Waals surface area contributed by atoms with E-state index in [1.807, 2.05) is 31.2 Å². The van der Waals surface area contributed by atoms with Crippen LogP contribution in [0, 0.1) is 12.7 Å². The van der Waals surface area contributed by atoms with E-state index in [9.17, 15) is 45.2 Å². The SMILES string of the molecule is Cc1ccc([C@@H]2O[C@H](CO)[C@@H](O)[C@H](O)[C@H]2O)cc1Cc1ccc(-c2ccc(F)cc2[C@@H]2O[C@H](CO)[C@@H](O)[C@H](O)[C@H]2O)s1. The monoisotopic (exact) mass is 606 g/mol. The van der Waals surface area contributed by atoms with Crippen LogP contribution in [0.1, 0.15) is 39.3 Å². The van der Waals surface area contributed by atoms with E-state index >= 15 is 0 Å². The summed E-state index contributed by atoms with van der Waals surface area (Å²) in [6.07, 6.45) is -12.9. The van der Waals surface area contributed by atoms with Crippen LogP contribution in [-0.4, -0.2) is 103 Å². The Morgan fingerprint density at radius 3 is 1.98 bits per heavy atom. The maximum atomic E-state index is 14.4. The van der Waals surface area contributed by atoms with Gasteiger partial charge in [-0.15, -0.1) is 11.3 Å². The first-order valence-corrected chi connectivity index (χ1v) is 14.4. The number of hydrogen-bond acceptors (Lipinski definition) is 11. The van der Waals surface area contributed by atoms with Crippen LogP contribution >= 0.6 is 11.3 Å². The molecule has 10 nitrogen and oxygen atoms in total. The minimum atomic E-state index is -1.60. The Morgan fingerprint density at radius 1 is 0.714 bits per heavy atom. The predicted octanol–water partition coefficient (Wildman–Crippen LogP) is 0.483. The highest BCUT2D eigenvalue weighted by atomic mass is 32.1. The van der Waals surface area contributed by atoms with E-state index in [0.29, 0.717) is 17.5 Å². The van der Waals surface area contributed by atoms with Gasteiger partial charge >= 0.3 is 0 Å². The standard InChI is InChI=1S/C30H35FO10S/c1-13-2-3-14(29-27(38)25(36)23(34)20(11-32)40-29)8-15(13)9-17-5-7-22(42-17)18-6-4-16(31)10-19(18)30-28(39)26(37)24(35)21(12-33)41-30/h2-8,10,20-21,23-30,32-39H,9,11-12H2,1H3/t20-,21-,23-,24-,25+,26+,27-,28-,29+,30+/m1/s1. The zero-order valence-corrected chi connectivity index (χ0v) is 23.5. The molecule has 228 valence electrons. The molecular formula is C30H35FO10S. The summed E-state index contributed by atoms with van der Waals surface area (Å²) in [5, 5.41) is 81.2. The lowest BCUT2D eigenvalue weighted by atomic mass is 9.89. The van der Waals surface area contributed by atoms with Crippen molar-refractivity contribution in [2.45, 2.75) is 74.4 Å². The van der Waals surface area contributed by atoms with Gasteiger partial charge in [0.2, 0.25) is 0 Å². The molecule has 2 aromatic carbocycles. The van der Waals surface area contributed by atoms with Crippen molar-refractivity contribution in [3.8, 4) is 10.4 Å². The lowest BCUT2D eigenvalue weighted by molar-refractivity contribution is -0.231. The third-order valence-electron chi connectivity index (χ3n) is 8.10. The molecule has 1 aromatic heterocycles. The second-order valence-corrected chi connectivity index (χ2v) is 12.0. The van der Waals surface area contributed by atoms with Crippen molar-refractivity contribution in [3.63, 3.8) is 0 Å². The van der Waals surface area contributed by atoms with Crippen molar-refractivity contribution in [2.75, 3.05) is 13.2 Å². The Morgan fingerprint density at radius 2 is 1.33 bits per heavy atom. The van der Waals surface area contributed by atoms with Gasteiger partial charge in [-0.25, -0.2) is 4.39 Å². The van der Waals surface area contributed by atoms with Gasteiger partial charge in [-0.2, -0.15) is 0 Å². The van der Waals surface area contributed by atoms with Crippen molar-refractivity contribution < 1.29 is 54.7 Å². The molecule has 0 bridgehead atoms. The summed E-state index contributed by atoms with van der Waals surface area (Å²) in [4.78, 5) is 1.67. The van der Waals surface area contributed by atoms with E-state index in [1.54, 1.807) is 12.1 Å². The predicted molar refractivity (Wildman–Crippen MR) is 149 cm³/mol. The van der Waals surface area contributed by atoms with E-state index in [2.05, 4.69) is 0 Å². The lowest BCUT2D eigenvalue weighted by Crippen LogP contribution is -2.55. The van der Waals surface area contributed by atoms with Gasteiger partial charge < -0.3 is 50.3 Å². The summed E-state index contributed by atoms with van der Waals surface area (Å²) in [6, 6.07) is 13.2. The molecule has 0 spiro atoms. The van der Waals surface area contributed by atoms with Gasteiger partial charge in [-0.05, 0) is 59.0 Å². The molecule has 12 heteroatoms. The van der Waals surface area contributed by atoms with Gasteiger partial charge in [-0.1, -0.05) is 24.3 Å². The molecule has 0 radical (unpaired) electrons. The quantitative estimate of drug-likeness (QED) is 0.189. The zero-order valence-electron chi connectivity index (χ0n) is 22.7. The molecule has 2 saturated heterocycles. The number of hydrogen-bond donors (Lipinski definition) is 8. The van der Waals surface area contributed by atoms with E-state index in [1.165, 1.54) is 23.5 Å². The van der Waals surface area contributed by atoms with Crippen molar-refractivity contribution in [1.29, 1.82) is 0 Å². The number of halogens is 1. The molecule has 2 aliphatic heterocycles. The van der Waals surface area contributed by atoms with E-state index in [0.717, 1.165) is 20.9 Å². The van der Waals surface area contributed by atoms with Gasteiger partial charge in [0, 0.05) is 16.2 Å². The van der Waals surface area contributed by atoms with Crippen molar-refractivity contribution in [2.24, 2.45) is 0 Å². The topological polar surface area (TPSA) is 180 Å². The summed E-state index contributed by atoms with van der Waals surface area (Å²) < 4.78 is 25.8. The van der Waals surface area contributed by atoms with Gasteiger partial charge in [0.1, 0.15) is 66.9 Å². The van der Waals surface area contributed by atoms with Crippen LogP contribution in [0.2, 0.25) is 0 Å².